The number of benzene rings is 2. The van der Waals surface area contributed by atoms with Crippen molar-refractivity contribution >= 4 is 17.6 Å². The maximum absolute atomic E-state index is 12.4. The van der Waals surface area contributed by atoms with Gasteiger partial charge in [0, 0.05) is 31.9 Å². The van der Waals surface area contributed by atoms with Crippen LogP contribution in [-0.4, -0.2) is 38.0 Å². The lowest BCUT2D eigenvalue weighted by Crippen LogP contribution is -2.31. The third-order valence-electron chi connectivity index (χ3n) is 3.83. The van der Waals surface area contributed by atoms with Crippen molar-refractivity contribution in [3.8, 4) is 5.75 Å². The first kappa shape index (κ1) is 18.3. The molecule has 0 fully saturated rings. The standard InChI is InChI=1S/C19H23N3O3/c1-13-10-14(8-9-17(13)25-4)12-22(3)19(24)21-16-7-5-6-15(11-16)18(23)20-2/h5-11H,12H2,1-4H3,(H,20,23)(H,21,24). The largest absolute Gasteiger partial charge is 0.496 e. The number of urea groups is 1. The van der Waals surface area contributed by atoms with Crippen LogP contribution in [0.2, 0.25) is 0 Å². The number of amides is 3. The van der Waals surface area contributed by atoms with Crippen LogP contribution in [-0.2, 0) is 6.54 Å². The molecule has 0 radical (unpaired) electrons. The number of methoxy groups -OCH3 is 1. The Bertz CT molecular complexity index is 774. The number of rotatable bonds is 5. The second kappa shape index (κ2) is 8.19. The highest BCUT2D eigenvalue weighted by Gasteiger charge is 2.11. The molecule has 0 aliphatic rings. The van der Waals surface area contributed by atoms with Crippen molar-refractivity contribution in [2.24, 2.45) is 0 Å². The van der Waals surface area contributed by atoms with E-state index in [4.69, 9.17) is 4.74 Å². The molecule has 2 N–H and O–H groups in total. The Morgan fingerprint density at radius 2 is 1.92 bits per heavy atom. The van der Waals surface area contributed by atoms with E-state index in [1.165, 1.54) is 0 Å². The number of hydrogen-bond acceptors (Lipinski definition) is 3. The van der Waals surface area contributed by atoms with Crippen LogP contribution >= 0.6 is 0 Å². The molecule has 2 aromatic rings. The van der Waals surface area contributed by atoms with Crippen LogP contribution in [0.25, 0.3) is 0 Å². The summed E-state index contributed by atoms with van der Waals surface area (Å²) in [5.41, 5.74) is 3.10. The van der Waals surface area contributed by atoms with Crippen LogP contribution in [0.3, 0.4) is 0 Å². The molecule has 0 atom stereocenters. The van der Waals surface area contributed by atoms with Gasteiger partial charge in [-0.1, -0.05) is 18.2 Å². The van der Waals surface area contributed by atoms with Gasteiger partial charge in [-0.3, -0.25) is 4.79 Å². The van der Waals surface area contributed by atoms with Gasteiger partial charge in [-0.25, -0.2) is 4.79 Å². The SMILES string of the molecule is CNC(=O)c1cccc(NC(=O)N(C)Cc2ccc(OC)c(C)c2)c1. The molecule has 25 heavy (non-hydrogen) atoms. The maximum Gasteiger partial charge on any atom is 0.321 e. The van der Waals surface area contributed by atoms with Crippen molar-refractivity contribution in [3.05, 3.63) is 59.2 Å². The number of carbonyl (C=O) groups excluding carboxylic acids is 2. The fourth-order valence-electron chi connectivity index (χ4n) is 2.49. The van der Waals surface area contributed by atoms with E-state index in [0.717, 1.165) is 16.9 Å². The van der Waals surface area contributed by atoms with Crippen LogP contribution < -0.4 is 15.4 Å². The van der Waals surface area contributed by atoms with Crippen LogP contribution in [0, 0.1) is 6.92 Å². The summed E-state index contributed by atoms with van der Waals surface area (Å²) < 4.78 is 5.25. The molecule has 2 aromatic carbocycles. The first-order valence-electron chi connectivity index (χ1n) is 7.92. The van der Waals surface area contributed by atoms with Gasteiger partial charge in [-0.2, -0.15) is 0 Å². The molecule has 0 bridgehead atoms. The summed E-state index contributed by atoms with van der Waals surface area (Å²) >= 11 is 0. The predicted molar refractivity (Wildman–Crippen MR) is 98.0 cm³/mol. The highest BCUT2D eigenvalue weighted by molar-refractivity contribution is 5.96. The smallest absolute Gasteiger partial charge is 0.321 e. The molecule has 0 aliphatic carbocycles. The molecule has 0 heterocycles. The zero-order valence-electron chi connectivity index (χ0n) is 14.9. The van der Waals surface area contributed by atoms with E-state index in [2.05, 4.69) is 10.6 Å². The van der Waals surface area contributed by atoms with Gasteiger partial charge in [0.25, 0.3) is 5.91 Å². The number of aryl methyl sites for hydroxylation is 1. The molecular formula is C19H23N3O3. The number of hydrogen-bond donors (Lipinski definition) is 2. The van der Waals surface area contributed by atoms with Gasteiger partial charge in [0.1, 0.15) is 5.75 Å². The van der Waals surface area contributed by atoms with Gasteiger partial charge in [0.05, 0.1) is 7.11 Å². The quantitative estimate of drug-likeness (QED) is 0.878. The summed E-state index contributed by atoms with van der Waals surface area (Å²) in [6.45, 7) is 2.43. The fraction of sp³-hybridized carbons (Fsp3) is 0.263. The number of nitrogens with zero attached hydrogens (tertiary/aromatic N) is 1. The third kappa shape index (κ3) is 4.73. The lowest BCUT2D eigenvalue weighted by molar-refractivity contribution is 0.0963. The van der Waals surface area contributed by atoms with Gasteiger partial charge in [0.2, 0.25) is 0 Å². The Balaban J connectivity index is 2.03. The molecule has 0 aliphatic heterocycles. The van der Waals surface area contributed by atoms with Gasteiger partial charge in [0.15, 0.2) is 0 Å². The van der Waals surface area contributed by atoms with Crippen molar-refractivity contribution in [2.75, 3.05) is 26.5 Å². The average Bonchev–Trinajstić information content (AvgIpc) is 2.61. The van der Waals surface area contributed by atoms with E-state index in [1.54, 1.807) is 50.4 Å². The Kier molecular flexibility index (Phi) is 6.00. The minimum absolute atomic E-state index is 0.196. The summed E-state index contributed by atoms with van der Waals surface area (Å²) in [5.74, 6) is 0.625. The number of carbonyl (C=O) groups is 2. The van der Waals surface area contributed by atoms with Crippen molar-refractivity contribution in [1.29, 1.82) is 0 Å². The van der Waals surface area contributed by atoms with Crippen molar-refractivity contribution in [1.82, 2.24) is 10.2 Å². The van der Waals surface area contributed by atoms with Crippen LogP contribution in [0.5, 0.6) is 5.75 Å². The minimum Gasteiger partial charge on any atom is -0.496 e. The highest BCUT2D eigenvalue weighted by atomic mass is 16.5. The van der Waals surface area contributed by atoms with Crippen molar-refractivity contribution < 1.29 is 14.3 Å². The second-order valence-corrected chi connectivity index (χ2v) is 5.75. The van der Waals surface area contributed by atoms with Gasteiger partial charge < -0.3 is 20.3 Å². The summed E-state index contributed by atoms with van der Waals surface area (Å²) in [6, 6.07) is 12.4. The fourth-order valence-corrected chi connectivity index (χ4v) is 2.49. The Labute approximate surface area is 147 Å². The normalized spacial score (nSPS) is 10.1. The molecule has 6 nitrogen and oxygen atoms in total. The van der Waals surface area contributed by atoms with E-state index >= 15 is 0 Å². The summed E-state index contributed by atoms with van der Waals surface area (Å²) in [6.07, 6.45) is 0. The van der Waals surface area contributed by atoms with Crippen LogP contribution in [0.1, 0.15) is 21.5 Å². The first-order chi connectivity index (χ1) is 11.9. The molecule has 3 amide bonds. The lowest BCUT2D eigenvalue weighted by Gasteiger charge is -2.19. The van der Waals surface area contributed by atoms with E-state index in [1.807, 2.05) is 25.1 Å². The van der Waals surface area contributed by atoms with Gasteiger partial charge in [-0.05, 0) is 42.3 Å². The van der Waals surface area contributed by atoms with Crippen molar-refractivity contribution in [2.45, 2.75) is 13.5 Å². The number of nitrogens with one attached hydrogen (secondary N) is 2. The summed E-state index contributed by atoms with van der Waals surface area (Å²) in [5, 5.41) is 5.36. The minimum atomic E-state index is -0.248. The van der Waals surface area contributed by atoms with Gasteiger partial charge >= 0.3 is 6.03 Å². The molecule has 132 valence electrons. The molecule has 0 saturated carbocycles. The molecule has 2 rings (SSSR count). The van der Waals surface area contributed by atoms with E-state index in [-0.39, 0.29) is 11.9 Å². The third-order valence-corrected chi connectivity index (χ3v) is 3.83. The molecular weight excluding hydrogens is 318 g/mol. The first-order valence-corrected chi connectivity index (χ1v) is 7.92. The molecule has 0 aromatic heterocycles. The predicted octanol–water partition coefficient (Wildman–Crippen LogP) is 3.03. The van der Waals surface area contributed by atoms with Crippen molar-refractivity contribution in [3.63, 3.8) is 0 Å². The Hall–Kier alpha value is -3.02. The summed E-state index contributed by atoms with van der Waals surface area (Å²) in [4.78, 5) is 25.6. The monoisotopic (exact) mass is 341 g/mol. The molecule has 0 spiro atoms. The molecule has 6 heteroatoms. The number of ether oxygens (including phenoxy) is 1. The maximum atomic E-state index is 12.4. The Morgan fingerprint density at radius 1 is 1.16 bits per heavy atom. The highest BCUT2D eigenvalue weighted by Crippen LogP contribution is 2.19. The lowest BCUT2D eigenvalue weighted by atomic mass is 10.1. The van der Waals surface area contributed by atoms with E-state index < -0.39 is 0 Å². The zero-order chi connectivity index (χ0) is 18.4. The van der Waals surface area contributed by atoms with E-state index in [0.29, 0.717) is 17.8 Å². The van der Waals surface area contributed by atoms with Crippen LogP contribution in [0.15, 0.2) is 42.5 Å². The Morgan fingerprint density at radius 3 is 2.56 bits per heavy atom. The molecule has 0 unspecified atom stereocenters. The second-order valence-electron chi connectivity index (χ2n) is 5.75. The summed E-state index contributed by atoms with van der Waals surface area (Å²) in [7, 11) is 4.92. The van der Waals surface area contributed by atoms with Gasteiger partial charge in [-0.15, -0.1) is 0 Å². The topological polar surface area (TPSA) is 70.7 Å². The zero-order valence-corrected chi connectivity index (χ0v) is 14.9. The van der Waals surface area contributed by atoms with Crippen LogP contribution in [0.4, 0.5) is 10.5 Å². The molecule has 0 saturated heterocycles. The van der Waals surface area contributed by atoms with E-state index in [9.17, 15) is 9.59 Å². The number of anilines is 1. The average molecular weight is 341 g/mol.